The Bertz CT molecular complexity index is 646. The van der Waals surface area contributed by atoms with E-state index in [1.54, 1.807) is 18.5 Å². The Morgan fingerprint density at radius 1 is 1.40 bits per heavy atom. The van der Waals surface area contributed by atoms with Crippen LogP contribution in [0.5, 0.6) is 0 Å². The largest absolute Gasteiger partial charge is 0.480 e. The van der Waals surface area contributed by atoms with E-state index >= 15 is 0 Å². The number of rotatable bonds is 5. The second kappa shape index (κ2) is 5.91. The molecule has 2 rings (SSSR count). The highest BCUT2D eigenvalue weighted by Gasteiger charge is 2.13. The number of hydrogen-bond donors (Lipinski definition) is 3. The molecule has 8 heteroatoms. The quantitative estimate of drug-likeness (QED) is 0.704. The van der Waals surface area contributed by atoms with Crippen molar-refractivity contribution in [1.82, 2.24) is 20.3 Å². The van der Waals surface area contributed by atoms with Gasteiger partial charge >= 0.3 is 5.97 Å². The maximum Gasteiger partial charge on any atom is 0.325 e. The summed E-state index contributed by atoms with van der Waals surface area (Å²) in [7, 11) is 0. The Kier molecular flexibility index (Phi) is 4.04. The Morgan fingerprint density at radius 3 is 2.95 bits per heavy atom. The zero-order valence-electron chi connectivity index (χ0n) is 10.7. The van der Waals surface area contributed by atoms with Gasteiger partial charge in [0.25, 0.3) is 0 Å². The molecule has 1 atom stereocenters. The molecule has 2 aromatic heterocycles. The molecular formula is C12H13N5O3. The van der Waals surface area contributed by atoms with E-state index in [0.29, 0.717) is 5.65 Å². The number of carboxylic acids is 1. The van der Waals surface area contributed by atoms with Crippen molar-refractivity contribution < 1.29 is 14.7 Å². The van der Waals surface area contributed by atoms with Crippen LogP contribution < -0.4 is 10.6 Å². The first-order valence-corrected chi connectivity index (χ1v) is 5.90. The Morgan fingerprint density at radius 2 is 2.20 bits per heavy atom. The van der Waals surface area contributed by atoms with Crippen LogP contribution in [0.25, 0.3) is 11.0 Å². The molecule has 0 aliphatic carbocycles. The monoisotopic (exact) mass is 275 g/mol. The molecule has 8 nitrogen and oxygen atoms in total. The molecule has 0 saturated heterocycles. The third-order valence-electron chi connectivity index (χ3n) is 2.51. The summed E-state index contributed by atoms with van der Waals surface area (Å²) in [5, 5.41) is 14.5. The fourth-order valence-electron chi connectivity index (χ4n) is 1.46. The van der Waals surface area contributed by atoms with Gasteiger partial charge < -0.3 is 15.7 Å². The van der Waals surface area contributed by atoms with Crippen molar-refractivity contribution >= 4 is 28.9 Å². The van der Waals surface area contributed by atoms with Crippen LogP contribution in [0, 0.1) is 0 Å². The number of anilines is 1. The second-order valence-electron chi connectivity index (χ2n) is 4.09. The van der Waals surface area contributed by atoms with Gasteiger partial charge in [0.1, 0.15) is 6.04 Å². The van der Waals surface area contributed by atoms with Crippen molar-refractivity contribution in [2.75, 3.05) is 11.9 Å². The molecule has 2 heterocycles. The molecule has 20 heavy (non-hydrogen) atoms. The van der Waals surface area contributed by atoms with Gasteiger partial charge in [0.15, 0.2) is 5.65 Å². The average Bonchev–Trinajstić information content (AvgIpc) is 2.44. The SMILES string of the molecule is C[C@H](NC(=O)CNc1ncc2cccnc2n1)C(=O)O. The van der Waals surface area contributed by atoms with Crippen molar-refractivity contribution in [2.24, 2.45) is 0 Å². The van der Waals surface area contributed by atoms with Crippen molar-refractivity contribution in [3.8, 4) is 0 Å². The molecule has 104 valence electrons. The van der Waals surface area contributed by atoms with E-state index < -0.39 is 17.9 Å². The van der Waals surface area contributed by atoms with Gasteiger partial charge in [-0.05, 0) is 19.1 Å². The van der Waals surface area contributed by atoms with Crippen LogP contribution in [0.3, 0.4) is 0 Å². The predicted molar refractivity (Wildman–Crippen MR) is 71.1 cm³/mol. The Balaban J connectivity index is 1.95. The first-order chi connectivity index (χ1) is 9.56. The maximum absolute atomic E-state index is 11.5. The second-order valence-corrected chi connectivity index (χ2v) is 4.09. The number of fused-ring (bicyclic) bond motifs is 1. The van der Waals surface area contributed by atoms with Crippen molar-refractivity contribution in [1.29, 1.82) is 0 Å². The summed E-state index contributed by atoms with van der Waals surface area (Å²) in [5.41, 5.74) is 0.518. The van der Waals surface area contributed by atoms with Crippen LogP contribution in [-0.2, 0) is 9.59 Å². The predicted octanol–water partition coefficient (Wildman–Crippen LogP) is 0.0260. The van der Waals surface area contributed by atoms with E-state index in [-0.39, 0.29) is 12.5 Å². The fraction of sp³-hybridized carbons (Fsp3) is 0.250. The molecule has 2 aromatic rings. The van der Waals surface area contributed by atoms with Gasteiger partial charge in [0, 0.05) is 17.8 Å². The minimum absolute atomic E-state index is 0.115. The molecule has 0 saturated carbocycles. The molecule has 3 N–H and O–H groups in total. The standard InChI is InChI=1S/C12H13N5O3/c1-7(11(19)20)16-9(18)6-15-12-14-5-8-3-2-4-13-10(8)17-12/h2-5,7H,6H2,1H3,(H,16,18)(H,19,20)(H,13,14,15,17)/t7-/m0/s1. The number of amides is 1. The summed E-state index contributed by atoms with van der Waals surface area (Å²) in [6, 6.07) is 2.66. The van der Waals surface area contributed by atoms with Crippen LogP contribution in [0.15, 0.2) is 24.5 Å². The number of carbonyl (C=O) groups is 2. The lowest BCUT2D eigenvalue weighted by Crippen LogP contribution is -2.41. The number of nitrogens with one attached hydrogen (secondary N) is 2. The van der Waals surface area contributed by atoms with Crippen molar-refractivity contribution in [3.05, 3.63) is 24.5 Å². The molecule has 0 aliphatic heterocycles. The summed E-state index contributed by atoms with van der Waals surface area (Å²) in [6.45, 7) is 1.27. The molecular weight excluding hydrogens is 262 g/mol. The number of hydrogen-bond acceptors (Lipinski definition) is 6. The minimum atomic E-state index is -1.09. The van der Waals surface area contributed by atoms with E-state index in [0.717, 1.165) is 5.39 Å². The van der Waals surface area contributed by atoms with E-state index in [2.05, 4.69) is 25.6 Å². The Labute approximate surface area is 114 Å². The zero-order valence-corrected chi connectivity index (χ0v) is 10.7. The number of aliphatic carboxylic acids is 1. The highest BCUT2D eigenvalue weighted by molar-refractivity contribution is 5.85. The Hall–Kier alpha value is -2.77. The van der Waals surface area contributed by atoms with Crippen LogP contribution in [-0.4, -0.2) is 44.5 Å². The van der Waals surface area contributed by atoms with Crippen LogP contribution >= 0.6 is 0 Å². The van der Waals surface area contributed by atoms with Gasteiger partial charge in [0.2, 0.25) is 11.9 Å². The first-order valence-electron chi connectivity index (χ1n) is 5.90. The number of pyridine rings is 1. The van der Waals surface area contributed by atoms with E-state index in [1.165, 1.54) is 6.92 Å². The van der Waals surface area contributed by atoms with E-state index in [1.807, 2.05) is 6.07 Å². The molecule has 0 aliphatic rings. The van der Waals surface area contributed by atoms with Crippen molar-refractivity contribution in [2.45, 2.75) is 13.0 Å². The maximum atomic E-state index is 11.5. The summed E-state index contributed by atoms with van der Waals surface area (Å²) < 4.78 is 0. The molecule has 0 aromatic carbocycles. The molecule has 0 spiro atoms. The molecule has 0 unspecified atom stereocenters. The third kappa shape index (κ3) is 3.37. The van der Waals surface area contributed by atoms with Gasteiger partial charge in [-0.2, -0.15) is 4.98 Å². The van der Waals surface area contributed by atoms with Gasteiger partial charge in [0.05, 0.1) is 6.54 Å². The molecule has 0 bridgehead atoms. The highest BCUT2D eigenvalue weighted by Crippen LogP contribution is 2.08. The van der Waals surface area contributed by atoms with Gasteiger partial charge in [-0.25, -0.2) is 9.97 Å². The minimum Gasteiger partial charge on any atom is -0.480 e. The molecule has 0 fully saturated rings. The first kappa shape index (κ1) is 13.7. The fourth-order valence-corrected chi connectivity index (χ4v) is 1.46. The smallest absolute Gasteiger partial charge is 0.325 e. The van der Waals surface area contributed by atoms with Gasteiger partial charge in [-0.15, -0.1) is 0 Å². The lowest BCUT2D eigenvalue weighted by molar-refractivity contribution is -0.141. The van der Waals surface area contributed by atoms with E-state index in [9.17, 15) is 9.59 Å². The summed E-state index contributed by atoms with van der Waals surface area (Å²) in [4.78, 5) is 34.3. The van der Waals surface area contributed by atoms with Crippen LogP contribution in [0.4, 0.5) is 5.95 Å². The van der Waals surface area contributed by atoms with Crippen LogP contribution in [0.1, 0.15) is 6.92 Å². The van der Waals surface area contributed by atoms with Crippen LogP contribution in [0.2, 0.25) is 0 Å². The zero-order chi connectivity index (χ0) is 14.5. The number of aromatic nitrogens is 3. The summed E-state index contributed by atoms with van der Waals surface area (Å²) in [6.07, 6.45) is 3.20. The van der Waals surface area contributed by atoms with Crippen molar-refractivity contribution in [3.63, 3.8) is 0 Å². The normalized spacial score (nSPS) is 11.8. The molecule has 0 radical (unpaired) electrons. The average molecular weight is 275 g/mol. The van der Waals surface area contributed by atoms with Gasteiger partial charge in [-0.3, -0.25) is 9.59 Å². The molecule has 1 amide bonds. The topological polar surface area (TPSA) is 117 Å². The summed E-state index contributed by atoms with van der Waals surface area (Å²) >= 11 is 0. The number of nitrogens with zero attached hydrogens (tertiary/aromatic N) is 3. The van der Waals surface area contributed by atoms with Gasteiger partial charge in [-0.1, -0.05) is 0 Å². The van der Waals surface area contributed by atoms with E-state index in [4.69, 9.17) is 5.11 Å². The summed E-state index contributed by atoms with van der Waals surface area (Å²) in [5.74, 6) is -1.29. The number of carboxylic acid groups (broad SMARTS) is 1. The lowest BCUT2D eigenvalue weighted by atomic mass is 10.3. The number of carbonyl (C=O) groups excluding carboxylic acids is 1. The lowest BCUT2D eigenvalue weighted by Gasteiger charge is -2.09. The highest BCUT2D eigenvalue weighted by atomic mass is 16.4. The third-order valence-corrected chi connectivity index (χ3v) is 2.51.